The second kappa shape index (κ2) is 8.60. The highest BCUT2D eigenvalue weighted by Gasteiger charge is 2.26. The largest absolute Gasteiger partial charge is 0.304 e. The van der Waals surface area contributed by atoms with Gasteiger partial charge in [0.25, 0.3) is 0 Å². The molecule has 3 fully saturated rings. The third-order valence-electron chi connectivity index (χ3n) is 6.86. The predicted octanol–water partition coefficient (Wildman–Crippen LogP) is 2.58. The zero-order chi connectivity index (χ0) is 18.8. The molecule has 27 heavy (non-hydrogen) atoms. The fourth-order valence-electron chi connectivity index (χ4n) is 4.57. The van der Waals surface area contributed by atoms with E-state index in [1.165, 1.54) is 88.4 Å². The number of benzene rings is 1. The first kappa shape index (κ1) is 19.4. The Morgan fingerprint density at radius 2 is 1.19 bits per heavy atom. The van der Waals surface area contributed by atoms with Gasteiger partial charge in [-0.15, -0.1) is 0 Å². The van der Waals surface area contributed by atoms with Gasteiger partial charge in [-0.2, -0.15) is 0 Å². The molecule has 0 bridgehead atoms. The highest BCUT2D eigenvalue weighted by atomic mass is 15.3. The standard InChI is InChI=1S/C23H38N4/c1-19-14-20(2)23(15-22(19)17-26-8-6-24(3)7-9-26)18-27-12-10-25(11-13-27)16-21-4-5-21/h14-15,21H,4-13,16-18H2,1-3H3. The molecule has 2 heterocycles. The summed E-state index contributed by atoms with van der Waals surface area (Å²) < 4.78 is 0. The monoisotopic (exact) mass is 370 g/mol. The Bertz CT molecular complexity index is 624. The first-order chi connectivity index (χ1) is 13.1. The van der Waals surface area contributed by atoms with E-state index in [-0.39, 0.29) is 0 Å². The highest BCUT2D eigenvalue weighted by Crippen LogP contribution is 2.30. The summed E-state index contributed by atoms with van der Waals surface area (Å²) in [7, 11) is 2.23. The maximum Gasteiger partial charge on any atom is 0.0237 e. The predicted molar refractivity (Wildman–Crippen MR) is 113 cm³/mol. The molecule has 1 aliphatic carbocycles. The fourth-order valence-corrected chi connectivity index (χ4v) is 4.57. The van der Waals surface area contributed by atoms with E-state index in [2.05, 4.69) is 52.6 Å². The summed E-state index contributed by atoms with van der Waals surface area (Å²) in [6, 6.07) is 4.93. The van der Waals surface area contributed by atoms with Crippen LogP contribution in [0.3, 0.4) is 0 Å². The normalized spacial score (nSPS) is 23.8. The van der Waals surface area contributed by atoms with Crippen LogP contribution in [0, 0.1) is 19.8 Å². The molecule has 4 rings (SSSR count). The molecule has 2 saturated heterocycles. The van der Waals surface area contributed by atoms with Crippen molar-refractivity contribution >= 4 is 0 Å². The Hall–Kier alpha value is -0.940. The van der Waals surface area contributed by atoms with E-state index in [0.29, 0.717) is 0 Å². The minimum atomic E-state index is 1.02. The minimum Gasteiger partial charge on any atom is -0.304 e. The molecule has 0 unspecified atom stereocenters. The Labute approximate surface area is 166 Å². The average molecular weight is 371 g/mol. The Morgan fingerprint density at radius 1 is 0.704 bits per heavy atom. The molecule has 0 amide bonds. The van der Waals surface area contributed by atoms with Gasteiger partial charge >= 0.3 is 0 Å². The van der Waals surface area contributed by atoms with Crippen LogP contribution in [-0.2, 0) is 13.1 Å². The van der Waals surface area contributed by atoms with Crippen molar-refractivity contribution in [1.82, 2.24) is 19.6 Å². The molecule has 2 aliphatic heterocycles. The first-order valence-electron chi connectivity index (χ1n) is 11.0. The molecular weight excluding hydrogens is 332 g/mol. The van der Waals surface area contributed by atoms with Gasteiger partial charge in [0, 0.05) is 72.0 Å². The summed E-state index contributed by atoms with van der Waals surface area (Å²) >= 11 is 0. The molecule has 1 saturated carbocycles. The second-order valence-electron chi connectivity index (χ2n) is 9.30. The molecule has 150 valence electrons. The van der Waals surface area contributed by atoms with Crippen molar-refractivity contribution in [2.24, 2.45) is 5.92 Å². The highest BCUT2D eigenvalue weighted by molar-refractivity contribution is 5.37. The number of hydrogen-bond donors (Lipinski definition) is 0. The third-order valence-corrected chi connectivity index (χ3v) is 6.86. The molecule has 0 radical (unpaired) electrons. The number of likely N-dealkylation sites (N-methyl/N-ethyl adjacent to an activating group) is 1. The van der Waals surface area contributed by atoms with Gasteiger partial charge in [-0.1, -0.05) is 12.1 Å². The van der Waals surface area contributed by atoms with E-state index in [9.17, 15) is 0 Å². The summed E-state index contributed by atoms with van der Waals surface area (Å²) in [4.78, 5) is 10.4. The molecule has 0 N–H and O–H groups in total. The average Bonchev–Trinajstić information content (AvgIpc) is 3.46. The SMILES string of the molecule is Cc1cc(C)c(CN2CCN(CC3CC3)CC2)cc1CN1CCN(C)CC1. The smallest absolute Gasteiger partial charge is 0.0237 e. The second-order valence-corrected chi connectivity index (χ2v) is 9.30. The first-order valence-corrected chi connectivity index (χ1v) is 11.0. The van der Waals surface area contributed by atoms with E-state index >= 15 is 0 Å². The summed E-state index contributed by atoms with van der Waals surface area (Å²) in [6.45, 7) is 17.9. The number of piperazine rings is 2. The van der Waals surface area contributed by atoms with E-state index in [1.54, 1.807) is 5.56 Å². The van der Waals surface area contributed by atoms with Gasteiger partial charge < -0.3 is 9.80 Å². The van der Waals surface area contributed by atoms with Crippen molar-refractivity contribution in [2.45, 2.75) is 39.8 Å². The zero-order valence-corrected chi connectivity index (χ0v) is 17.7. The Balaban J connectivity index is 1.34. The molecule has 1 aromatic rings. The lowest BCUT2D eigenvalue weighted by Crippen LogP contribution is -2.46. The topological polar surface area (TPSA) is 13.0 Å². The molecule has 0 aromatic heterocycles. The van der Waals surface area contributed by atoms with Gasteiger partial charge in [0.2, 0.25) is 0 Å². The van der Waals surface area contributed by atoms with Gasteiger partial charge in [-0.25, -0.2) is 0 Å². The van der Waals surface area contributed by atoms with Crippen LogP contribution < -0.4 is 0 Å². The quantitative estimate of drug-likeness (QED) is 0.763. The van der Waals surface area contributed by atoms with Crippen LogP contribution in [0.5, 0.6) is 0 Å². The minimum absolute atomic E-state index is 1.02. The van der Waals surface area contributed by atoms with Crippen LogP contribution >= 0.6 is 0 Å². The van der Waals surface area contributed by atoms with Crippen LogP contribution in [0.2, 0.25) is 0 Å². The maximum atomic E-state index is 2.69. The molecule has 4 nitrogen and oxygen atoms in total. The van der Waals surface area contributed by atoms with Crippen molar-refractivity contribution in [2.75, 3.05) is 66.0 Å². The molecule has 3 aliphatic rings. The maximum absolute atomic E-state index is 2.69. The van der Waals surface area contributed by atoms with Crippen LogP contribution in [0.15, 0.2) is 12.1 Å². The molecule has 4 heteroatoms. The lowest BCUT2D eigenvalue weighted by molar-refractivity contribution is 0.123. The summed E-state index contributed by atoms with van der Waals surface area (Å²) in [5.41, 5.74) is 6.01. The van der Waals surface area contributed by atoms with Crippen molar-refractivity contribution in [3.8, 4) is 0 Å². The van der Waals surface area contributed by atoms with E-state index in [0.717, 1.165) is 19.0 Å². The number of rotatable bonds is 6. The number of nitrogens with zero attached hydrogens (tertiary/aromatic N) is 4. The van der Waals surface area contributed by atoms with Crippen LogP contribution in [0.4, 0.5) is 0 Å². The molecular formula is C23H38N4. The van der Waals surface area contributed by atoms with Crippen LogP contribution in [-0.4, -0.2) is 85.6 Å². The van der Waals surface area contributed by atoms with Crippen molar-refractivity contribution < 1.29 is 0 Å². The molecule has 0 atom stereocenters. The summed E-state index contributed by atoms with van der Waals surface area (Å²) in [5, 5.41) is 0. The summed E-state index contributed by atoms with van der Waals surface area (Å²) in [6.07, 6.45) is 2.94. The van der Waals surface area contributed by atoms with E-state index < -0.39 is 0 Å². The third kappa shape index (κ3) is 5.32. The lowest BCUT2D eigenvalue weighted by atomic mass is 9.98. The molecule has 1 aromatic carbocycles. The van der Waals surface area contributed by atoms with Gasteiger partial charge in [-0.05, 0) is 61.9 Å². The van der Waals surface area contributed by atoms with E-state index in [1.807, 2.05) is 0 Å². The number of hydrogen-bond acceptors (Lipinski definition) is 4. The fraction of sp³-hybridized carbons (Fsp3) is 0.739. The van der Waals surface area contributed by atoms with E-state index in [4.69, 9.17) is 0 Å². The van der Waals surface area contributed by atoms with Crippen LogP contribution in [0.1, 0.15) is 35.1 Å². The Kier molecular flexibility index (Phi) is 6.18. The summed E-state index contributed by atoms with van der Waals surface area (Å²) in [5.74, 6) is 1.02. The van der Waals surface area contributed by atoms with Gasteiger partial charge in [0.1, 0.15) is 0 Å². The van der Waals surface area contributed by atoms with Gasteiger partial charge in [0.05, 0.1) is 0 Å². The number of aryl methyl sites for hydroxylation is 2. The van der Waals surface area contributed by atoms with Crippen molar-refractivity contribution in [3.05, 3.63) is 34.4 Å². The van der Waals surface area contributed by atoms with Crippen LogP contribution in [0.25, 0.3) is 0 Å². The van der Waals surface area contributed by atoms with Gasteiger partial charge in [-0.3, -0.25) is 9.80 Å². The van der Waals surface area contributed by atoms with Gasteiger partial charge in [0.15, 0.2) is 0 Å². The van der Waals surface area contributed by atoms with Crippen molar-refractivity contribution in [1.29, 1.82) is 0 Å². The van der Waals surface area contributed by atoms with Crippen molar-refractivity contribution in [3.63, 3.8) is 0 Å². The lowest BCUT2D eigenvalue weighted by Gasteiger charge is -2.35. The molecule has 0 spiro atoms. The zero-order valence-electron chi connectivity index (χ0n) is 17.7. The Morgan fingerprint density at radius 3 is 1.70 bits per heavy atom.